The number of carbonyl (C=O) groups is 2. The van der Waals surface area contributed by atoms with Gasteiger partial charge in [-0.3, -0.25) is 9.59 Å². The summed E-state index contributed by atoms with van der Waals surface area (Å²) in [6.45, 7) is 0. The molecule has 10 heteroatoms. The van der Waals surface area contributed by atoms with E-state index in [-0.39, 0.29) is 23.5 Å². The molecule has 0 unspecified atom stereocenters. The molecule has 0 aliphatic heterocycles. The summed E-state index contributed by atoms with van der Waals surface area (Å²) in [4.78, 5) is 27.5. The number of carbonyl (C=O) groups excluding carboxylic acids is 2. The van der Waals surface area contributed by atoms with Crippen molar-refractivity contribution < 1.29 is 9.59 Å². The highest BCUT2D eigenvalue weighted by Gasteiger charge is 2.26. The number of hydrogen-bond acceptors (Lipinski definition) is 8. The van der Waals surface area contributed by atoms with Crippen LogP contribution in [0.25, 0.3) is 0 Å². The normalized spacial score (nSPS) is 14.4. The highest BCUT2D eigenvalue weighted by Crippen LogP contribution is 2.30. The Morgan fingerprint density at radius 1 is 1.27 bits per heavy atom. The van der Waals surface area contributed by atoms with Crippen LogP contribution in [-0.2, 0) is 9.59 Å². The van der Waals surface area contributed by atoms with Crippen molar-refractivity contribution in [3.8, 4) is 0 Å². The van der Waals surface area contributed by atoms with E-state index < -0.39 is 0 Å². The van der Waals surface area contributed by atoms with E-state index in [1.807, 2.05) is 0 Å². The minimum Gasteiger partial charge on any atom is -0.301 e. The average Bonchev–Trinajstić information content (AvgIpc) is 3.06. The highest BCUT2D eigenvalue weighted by molar-refractivity contribution is 8.01. The molecule has 3 rings (SSSR count). The first-order chi connectivity index (χ1) is 10.7. The monoisotopic (exact) mass is 355 g/mol. The van der Waals surface area contributed by atoms with Gasteiger partial charge in [0.15, 0.2) is 9.47 Å². The van der Waals surface area contributed by atoms with Crippen LogP contribution in [0.4, 0.5) is 10.3 Å². The fraction of sp³-hybridized carbons (Fsp3) is 0.417. The second-order valence-corrected chi connectivity index (χ2v) is 7.76. The number of nitrogens with one attached hydrogen (secondary N) is 2. The van der Waals surface area contributed by atoms with Crippen molar-refractivity contribution in [2.24, 2.45) is 5.92 Å². The van der Waals surface area contributed by atoms with E-state index in [9.17, 15) is 9.59 Å². The molecule has 1 fully saturated rings. The van der Waals surface area contributed by atoms with E-state index in [4.69, 9.17) is 0 Å². The van der Waals surface area contributed by atoms with Crippen LogP contribution >= 0.6 is 34.4 Å². The quantitative estimate of drug-likeness (QED) is 0.610. The van der Waals surface area contributed by atoms with Crippen LogP contribution in [0.3, 0.4) is 0 Å². The average molecular weight is 355 g/mol. The fourth-order valence-electron chi connectivity index (χ4n) is 1.76. The lowest BCUT2D eigenvalue weighted by Gasteiger charge is -2.23. The summed E-state index contributed by atoms with van der Waals surface area (Å²) in [6.07, 6.45) is 4.64. The van der Waals surface area contributed by atoms with Crippen molar-refractivity contribution in [2.75, 3.05) is 16.4 Å². The number of anilines is 2. The maximum Gasteiger partial charge on any atom is 0.236 e. The zero-order chi connectivity index (χ0) is 15.4. The number of rotatable bonds is 6. The molecule has 0 spiro atoms. The molecule has 2 aromatic rings. The molecular formula is C12H13N5O2S3. The van der Waals surface area contributed by atoms with Gasteiger partial charge in [0.25, 0.3) is 0 Å². The summed E-state index contributed by atoms with van der Waals surface area (Å²) in [5.41, 5.74) is 0. The number of amides is 2. The third-order valence-electron chi connectivity index (χ3n) is 3.12. The van der Waals surface area contributed by atoms with Gasteiger partial charge in [0, 0.05) is 17.5 Å². The van der Waals surface area contributed by atoms with Gasteiger partial charge in [0.05, 0.1) is 5.75 Å². The Kier molecular flexibility index (Phi) is 5.01. The molecule has 2 aromatic heterocycles. The molecule has 22 heavy (non-hydrogen) atoms. The second kappa shape index (κ2) is 7.16. The van der Waals surface area contributed by atoms with E-state index in [0.717, 1.165) is 19.3 Å². The van der Waals surface area contributed by atoms with E-state index in [2.05, 4.69) is 25.8 Å². The zero-order valence-electron chi connectivity index (χ0n) is 11.4. The van der Waals surface area contributed by atoms with Gasteiger partial charge in [-0.25, -0.2) is 4.98 Å². The van der Waals surface area contributed by atoms with Gasteiger partial charge in [-0.2, -0.15) is 0 Å². The van der Waals surface area contributed by atoms with E-state index in [1.165, 1.54) is 34.4 Å². The van der Waals surface area contributed by atoms with Crippen molar-refractivity contribution in [1.29, 1.82) is 0 Å². The maximum atomic E-state index is 11.8. The Labute approximate surface area is 138 Å². The molecule has 1 aliphatic rings. The topological polar surface area (TPSA) is 96.9 Å². The van der Waals surface area contributed by atoms with Crippen molar-refractivity contribution in [2.45, 2.75) is 23.6 Å². The zero-order valence-corrected chi connectivity index (χ0v) is 13.9. The Balaban J connectivity index is 1.45. The van der Waals surface area contributed by atoms with Gasteiger partial charge in [-0.05, 0) is 12.8 Å². The smallest absolute Gasteiger partial charge is 0.236 e. The van der Waals surface area contributed by atoms with Crippen LogP contribution in [0.2, 0.25) is 0 Å². The molecule has 1 aliphatic carbocycles. The molecule has 7 nitrogen and oxygen atoms in total. The summed E-state index contributed by atoms with van der Waals surface area (Å²) in [5.74, 6) is 0.213. The Morgan fingerprint density at radius 3 is 2.82 bits per heavy atom. The lowest BCUT2D eigenvalue weighted by atomic mass is 9.85. The summed E-state index contributed by atoms with van der Waals surface area (Å²) in [7, 11) is 0. The molecule has 2 heterocycles. The van der Waals surface area contributed by atoms with Crippen LogP contribution < -0.4 is 10.6 Å². The predicted octanol–water partition coefficient (Wildman–Crippen LogP) is 2.46. The number of hydrogen-bond donors (Lipinski definition) is 2. The van der Waals surface area contributed by atoms with Crippen LogP contribution in [-0.4, -0.2) is 32.7 Å². The van der Waals surface area contributed by atoms with Gasteiger partial charge < -0.3 is 10.6 Å². The van der Waals surface area contributed by atoms with E-state index in [0.29, 0.717) is 14.6 Å². The van der Waals surface area contributed by atoms with Gasteiger partial charge in [0.1, 0.15) is 0 Å². The number of thioether (sulfide) groups is 1. The molecule has 0 aromatic carbocycles. The SMILES string of the molecule is O=C(CSc1nnc(NC(=O)C2CCC2)s1)Nc1nccs1. The van der Waals surface area contributed by atoms with Gasteiger partial charge in [-0.15, -0.1) is 21.5 Å². The van der Waals surface area contributed by atoms with Gasteiger partial charge >= 0.3 is 0 Å². The lowest BCUT2D eigenvalue weighted by molar-refractivity contribution is -0.122. The second-order valence-electron chi connectivity index (χ2n) is 4.66. The van der Waals surface area contributed by atoms with Crippen LogP contribution in [0.15, 0.2) is 15.9 Å². The maximum absolute atomic E-state index is 11.8. The molecule has 116 valence electrons. The van der Waals surface area contributed by atoms with E-state index in [1.54, 1.807) is 11.6 Å². The Bertz CT molecular complexity index is 654. The van der Waals surface area contributed by atoms with Crippen molar-refractivity contribution >= 4 is 56.5 Å². The number of nitrogens with zero attached hydrogens (tertiary/aromatic N) is 3. The first-order valence-corrected chi connectivity index (χ1v) is 9.35. The third-order valence-corrected chi connectivity index (χ3v) is 5.78. The molecule has 0 atom stereocenters. The van der Waals surface area contributed by atoms with E-state index >= 15 is 0 Å². The standard InChI is InChI=1S/C12H13N5O2S3/c18-8(14-10-13-4-5-20-10)6-21-12-17-16-11(22-12)15-9(19)7-2-1-3-7/h4-5,7H,1-3,6H2,(H,13,14,18)(H,15,16,19). The summed E-state index contributed by atoms with van der Waals surface area (Å²) < 4.78 is 0.651. The Morgan fingerprint density at radius 2 is 2.14 bits per heavy atom. The summed E-state index contributed by atoms with van der Waals surface area (Å²) in [6, 6.07) is 0. The van der Waals surface area contributed by atoms with Crippen LogP contribution in [0.1, 0.15) is 19.3 Å². The predicted molar refractivity (Wildman–Crippen MR) is 87.3 cm³/mol. The fourth-order valence-corrected chi connectivity index (χ4v) is 3.86. The van der Waals surface area contributed by atoms with Gasteiger partial charge in [0.2, 0.25) is 16.9 Å². The molecule has 0 radical (unpaired) electrons. The van der Waals surface area contributed by atoms with Crippen molar-refractivity contribution in [3.05, 3.63) is 11.6 Å². The minimum absolute atomic E-state index is 0.0143. The Hall–Kier alpha value is -1.52. The molecule has 1 saturated carbocycles. The van der Waals surface area contributed by atoms with Crippen molar-refractivity contribution in [1.82, 2.24) is 15.2 Å². The summed E-state index contributed by atoms with van der Waals surface area (Å²) >= 11 is 3.93. The molecule has 0 bridgehead atoms. The molecule has 2 amide bonds. The lowest BCUT2D eigenvalue weighted by Crippen LogP contribution is -2.27. The number of thiazole rings is 1. The summed E-state index contributed by atoms with van der Waals surface area (Å²) in [5, 5.41) is 16.2. The van der Waals surface area contributed by atoms with Crippen molar-refractivity contribution in [3.63, 3.8) is 0 Å². The number of aromatic nitrogens is 3. The molecular weight excluding hydrogens is 342 g/mol. The molecule has 0 saturated heterocycles. The minimum atomic E-state index is -0.143. The van der Waals surface area contributed by atoms with Crippen LogP contribution in [0, 0.1) is 5.92 Å². The first-order valence-electron chi connectivity index (χ1n) is 6.67. The van der Waals surface area contributed by atoms with Crippen LogP contribution in [0.5, 0.6) is 0 Å². The first kappa shape index (κ1) is 15.4. The highest BCUT2D eigenvalue weighted by atomic mass is 32.2. The molecule has 2 N–H and O–H groups in total. The van der Waals surface area contributed by atoms with Gasteiger partial charge in [-0.1, -0.05) is 29.5 Å². The third kappa shape index (κ3) is 4.02. The largest absolute Gasteiger partial charge is 0.301 e.